The van der Waals surface area contributed by atoms with E-state index in [0.717, 1.165) is 15.7 Å². The topological polar surface area (TPSA) is 49.3 Å². The van der Waals surface area contributed by atoms with Gasteiger partial charge in [0, 0.05) is 15.6 Å². The van der Waals surface area contributed by atoms with Crippen LogP contribution in [0.3, 0.4) is 0 Å². The van der Waals surface area contributed by atoms with Gasteiger partial charge in [0.1, 0.15) is 5.54 Å². The number of rotatable bonds is 4. The average molecular weight is 543 g/mol. The number of carboxylic acid groups (broad SMARTS) is 1. The van der Waals surface area contributed by atoms with Gasteiger partial charge in [0.15, 0.2) is 0 Å². The van der Waals surface area contributed by atoms with Gasteiger partial charge in [-0.1, -0.05) is 75.5 Å². The Bertz CT molecular complexity index is 1280. The molecule has 5 rings (SSSR count). The van der Waals surface area contributed by atoms with Gasteiger partial charge in [-0.25, -0.2) is 4.79 Å². The summed E-state index contributed by atoms with van der Waals surface area (Å²) in [4.78, 5) is 12.5. The number of nitrogens with one attached hydrogen (secondary N) is 1. The van der Waals surface area contributed by atoms with Crippen molar-refractivity contribution in [3.8, 4) is 0 Å². The van der Waals surface area contributed by atoms with Gasteiger partial charge in [-0.2, -0.15) is 0 Å². The lowest BCUT2D eigenvalue weighted by Gasteiger charge is -2.45. The molecule has 1 spiro atoms. The van der Waals surface area contributed by atoms with Gasteiger partial charge in [-0.3, -0.25) is 0 Å². The summed E-state index contributed by atoms with van der Waals surface area (Å²) in [7, 11) is 0. The van der Waals surface area contributed by atoms with Crippen molar-refractivity contribution in [1.82, 2.24) is 0 Å². The molecule has 0 bridgehead atoms. The Balaban J connectivity index is 1.53. The van der Waals surface area contributed by atoms with Crippen LogP contribution in [-0.2, 0) is 10.2 Å². The zero-order valence-corrected chi connectivity index (χ0v) is 20.8. The number of anilines is 1. The normalized spacial score (nSPS) is 23.8. The van der Waals surface area contributed by atoms with Crippen molar-refractivity contribution >= 4 is 62.4 Å². The zero-order chi connectivity index (χ0) is 23.2. The van der Waals surface area contributed by atoms with E-state index in [1.165, 1.54) is 16.7 Å². The molecule has 3 nitrogen and oxygen atoms in total. The van der Waals surface area contributed by atoms with Crippen LogP contribution in [0.4, 0.5) is 5.69 Å². The van der Waals surface area contributed by atoms with E-state index in [4.69, 9.17) is 23.2 Å². The molecule has 168 valence electrons. The minimum atomic E-state index is -1.02. The quantitative estimate of drug-likeness (QED) is 0.350. The number of aliphatic carboxylic acids is 1. The van der Waals surface area contributed by atoms with E-state index >= 15 is 0 Å². The van der Waals surface area contributed by atoms with Crippen LogP contribution in [-0.4, -0.2) is 16.6 Å². The minimum absolute atomic E-state index is 0.258. The average Bonchev–Trinajstić information content (AvgIpc) is 3.11. The molecule has 0 heterocycles. The first-order chi connectivity index (χ1) is 15.8. The summed E-state index contributed by atoms with van der Waals surface area (Å²) in [6.07, 6.45) is 4.65. The molecule has 0 radical (unpaired) electrons. The van der Waals surface area contributed by atoms with Gasteiger partial charge in [0.05, 0.1) is 10.0 Å². The Morgan fingerprint density at radius 3 is 2.36 bits per heavy atom. The number of allylic oxidation sites excluding steroid dienone is 1. The van der Waals surface area contributed by atoms with Crippen molar-refractivity contribution in [3.63, 3.8) is 0 Å². The minimum Gasteiger partial charge on any atom is -0.480 e. The number of carbonyl (C=O) groups is 1. The molecule has 2 N–H and O–H groups in total. The maximum absolute atomic E-state index is 12.5. The fourth-order valence-corrected chi connectivity index (χ4v) is 6.10. The summed E-state index contributed by atoms with van der Waals surface area (Å²) in [6.45, 7) is 0. The molecule has 1 fully saturated rings. The highest BCUT2D eigenvalue weighted by molar-refractivity contribution is 9.10. The second-order valence-corrected chi connectivity index (χ2v) is 10.6. The van der Waals surface area contributed by atoms with Crippen molar-refractivity contribution < 1.29 is 9.90 Å². The van der Waals surface area contributed by atoms with E-state index in [2.05, 4.69) is 45.5 Å². The molecule has 3 aromatic rings. The number of halogens is 3. The largest absolute Gasteiger partial charge is 0.480 e. The Labute approximate surface area is 211 Å². The third-order valence-electron chi connectivity index (χ3n) is 7.10. The summed E-state index contributed by atoms with van der Waals surface area (Å²) in [5, 5.41) is 14.7. The summed E-state index contributed by atoms with van der Waals surface area (Å²) < 4.78 is 0.912. The molecule has 0 saturated heterocycles. The van der Waals surface area contributed by atoms with E-state index in [-0.39, 0.29) is 5.41 Å². The third kappa shape index (κ3) is 3.88. The van der Waals surface area contributed by atoms with Gasteiger partial charge in [-0.15, -0.1) is 0 Å². The molecule has 0 unspecified atom stereocenters. The van der Waals surface area contributed by atoms with Crippen LogP contribution in [0.2, 0.25) is 10.0 Å². The number of hydrogen-bond acceptors (Lipinski definition) is 2. The molecule has 1 saturated carbocycles. The van der Waals surface area contributed by atoms with Crippen LogP contribution in [0.5, 0.6) is 0 Å². The van der Waals surface area contributed by atoms with E-state index in [9.17, 15) is 9.90 Å². The first kappa shape index (κ1) is 22.5. The van der Waals surface area contributed by atoms with Crippen molar-refractivity contribution in [2.75, 3.05) is 5.32 Å². The fourth-order valence-electron chi connectivity index (χ4n) is 5.40. The van der Waals surface area contributed by atoms with E-state index in [0.29, 0.717) is 35.7 Å². The lowest BCUT2D eigenvalue weighted by atomic mass is 9.61. The lowest BCUT2D eigenvalue weighted by Crippen LogP contribution is -2.52. The fraction of sp³-hybridized carbons (Fsp3) is 0.222. The van der Waals surface area contributed by atoms with Crippen LogP contribution in [0.1, 0.15) is 42.4 Å². The van der Waals surface area contributed by atoms with Crippen molar-refractivity contribution in [1.29, 1.82) is 0 Å². The molecular formula is C27H22BrCl2NO2. The molecule has 3 aromatic carbocycles. The zero-order valence-electron chi connectivity index (χ0n) is 17.7. The van der Waals surface area contributed by atoms with Crippen molar-refractivity contribution in [3.05, 3.63) is 97.9 Å². The molecule has 0 aliphatic heterocycles. The Morgan fingerprint density at radius 1 is 0.909 bits per heavy atom. The SMILES string of the molecule is O=C(O)C1(Nc2cccc(Br)c2)CCC2(CC1)C(c1ccc(Cl)c(Cl)c1)=Cc1ccccc12. The highest BCUT2D eigenvalue weighted by Crippen LogP contribution is 2.57. The Hall–Kier alpha value is -2.27. The maximum atomic E-state index is 12.5. The summed E-state index contributed by atoms with van der Waals surface area (Å²) >= 11 is 16.0. The highest BCUT2D eigenvalue weighted by atomic mass is 79.9. The monoisotopic (exact) mass is 541 g/mol. The second-order valence-electron chi connectivity index (χ2n) is 8.88. The molecule has 33 heavy (non-hydrogen) atoms. The molecule has 0 amide bonds. The van der Waals surface area contributed by atoms with Crippen LogP contribution in [0, 0.1) is 0 Å². The maximum Gasteiger partial charge on any atom is 0.329 e. The molecule has 0 aromatic heterocycles. The van der Waals surface area contributed by atoms with Crippen molar-refractivity contribution in [2.24, 2.45) is 0 Å². The standard InChI is InChI=1S/C27H22BrCl2NO2/c28-19-5-3-6-20(16-19)31-27(25(32)33)12-10-26(11-13-27)21-7-2-1-4-17(21)14-22(26)18-8-9-23(29)24(30)15-18/h1-9,14-16,31H,10-13H2,(H,32,33). The number of carboxylic acids is 1. The molecule has 6 heteroatoms. The van der Waals surface area contributed by atoms with Crippen LogP contribution < -0.4 is 5.32 Å². The van der Waals surface area contributed by atoms with Gasteiger partial charge in [0.2, 0.25) is 0 Å². The van der Waals surface area contributed by atoms with Crippen molar-refractivity contribution in [2.45, 2.75) is 36.6 Å². The molecule has 0 atom stereocenters. The molecule has 2 aliphatic carbocycles. The van der Waals surface area contributed by atoms with Crippen LogP contribution in [0.25, 0.3) is 11.6 Å². The van der Waals surface area contributed by atoms with Crippen LogP contribution in [0.15, 0.2) is 71.2 Å². The smallest absolute Gasteiger partial charge is 0.329 e. The molecular weight excluding hydrogens is 521 g/mol. The van der Waals surface area contributed by atoms with Gasteiger partial charge in [-0.05, 0) is 84.4 Å². The Morgan fingerprint density at radius 2 is 1.67 bits per heavy atom. The van der Waals surface area contributed by atoms with Gasteiger partial charge >= 0.3 is 5.97 Å². The number of fused-ring (bicyclic) bond motifs is 2. The third-order valence-corrected chi connectivity index (χ3v) is 8.33. The van der Waals surface area contributed by atoms with E-state index in [1.807, 2.05) is 48.5 Å². The van der Waals surface area contributed by atoms with E-state index < -0.39 is 11.5 Å². The predicted molar refractivity (Wildman–Crippen MR) is 139 cm³/mol. The van der Waals surface area contributed by atoms with Gasteiger partial charge in [0.25, 0.3) is 0 Å². The number of benzene rings is 3. The first-order valence-corrected chi connectivity index (χ1v) is 12.4. The number of hydrogen-bond donors (Lipinski definition) is 2. The lowest BCUT2D eigenvalue weighted by molar-refractivity contribution is -0.143. The highest BCUT2D eigenvalue weighted by Gasteiger charge is 2.51. The molecule has 2 aliphatic rings. The second kappa shape index (κ2) is 8.50. The summed E-state index contributed by atoms with van der Waals surface area (Å²) in [6, 6.07) is 21.8. The first-order valence-electron chi connectivity index (χ1n) is 10.9. The van der Waals surface area contributed by atoms with E-state index in [1.54, 1.807) is 0 Å². The Kier molecular flexibility index (Phi) is 5.80. The van der Waals surface area contributed by atoms with Gasteiger partial charge < -0.3 is 10.4 Å². The van der Waals surface area contributed by atoms with Crippen LogP contribution >= 0.6 is 39.1 Å². The summed E-state index contributed by atoms with van der Waals surface area (Å²) in [5.41, 5.74) is 4.17. The summed E-state index contributed by atoms with van der Waals surface area (Å²) in [5.74, 6) is -0.816. The predicted octanol–water partition coefficient (Wildman–Crippen LogP) is 8.06.